The highest BCUT2D eigenvalue weighted by Crippen LogP contribution is 2.23. The monoisotopic (exact) mass is 368 g/mol. The number of nitrogens with zero attached hydrogens (tertiary/aromatic N) is 2. The van der Waals surface area contributed by atoms with E-state index in [1.807, 2.05) is 0 Å². The molecule has 0 spiro atoms. The first-order chi connectivity index (χ1) is 12.5. The maximum atomic E-state index is 12.7. The van der Waals surface area contributed by atoms with Gasteiger partial charge in [-0.3, -0.25) is 9.36 Å². The maximum Gasteiger partial charge on any atom is 0.336 e. The summed E-state index contributed by atoms with van der Waals surface area (Å²) in [6.07, 6.45) is 1.46. The molecule has 26 heavy (non-hydrogen) atoms. The van der Waals surface area contributed by atoms with Crippen molar-refractivity contribution in [1.82, 2.24) is 9.55 Å². The van der Waals surface area contributed by atoms with E-state index >= 15 is 0 Å². The molecule has 0 N–H and O–H groups in total. The van der Waals surface area contributed by atoms with Crippen LogP contribution in [0.25, 0.3) is 21.9 Å². The number of rotatable bonds is 3. The van der Waals surface area contributed by atoms with Crippen LogP contribution in [0.2, 0.25) is 5.02 Å². The van der Waals surface area contributed by atoms with Gasteiger partial charge in [0.25, 0.3) is 5.56 Å². The third kappa shape index (κ3) is 2.84. The molecule has 0 fully saturated rings. The largest absolute Gasteiger partial charge is 0.497 e. The van der Waals surface area contributed by atoms with Gasteiger partial charge in [-0.25, -0.2) is 9.78 Å². The first kappa shape index (κ1) is 16.4. The number of aromatic nitrogens is 2. The number of methoxy groups -OCH3 is 1. The summed E-state index contributed by atoms with van der Waals surface area (Å²) in [5.74, 6) is 0.581. The Kier molecular flexibility index (Phi) is 3.97. The van der Waals surface area contributed by atoms with Crippen molar-refractivity contribution in [2.75, 3.05) is 7.11 Å². The topological polar surface area (TPSA) is 74.3 Å². The summed E-state index contributed by atoms with van der Waals surface area (Å²) < 4.78 is 11.8. The Morgan fingerprint density at radius 2 is 1.96 bits per heavy atom. The zero-order chi connectivity index (χ0) is 18.3. The van der Waals surface area contributed by atoms with Crippen molar-refractivity contribution in [3.05, 3.63) is 80.2 Å². The molecule has 2 aromatic heterocycles. The summed E-state index contributed by atoms with van der Waals surface area (Å²) in [5.41, 5.74) is 0.900. The Bertz CT molecular complexity index is 1260. The van der Waals surface area contributed by atoms with Gasteiger partial charge in [0.2, 0.25) is 0 Å². The van der Waals surface area contributed by atoms with Crippen LogP contribution >= 0.6 is 11.6 Å². The van der Waals surface area contributed by atoms with Gasteiger partial charge >= 0.3 is 5.63 Å². The second-order valence-corrected chi connectivity index (χ2v) is 6.23. The SMILES string of the molecule is COc1ccc2c(Cn3cnc4ccc(Cl)cc4c3=O)cc(=O)oc2c1. The van der Waals surface area contributed by atoms with Crippen molar-refractivity contribution in [3.63, 3.8) is 0 Å². The van der Waals surface area contributed by atoms with Crippen molar-refractivity contribution < 1.29 is 9.15 Å². The van der Waals surface area contributed by atoms with Gasteiger partial charge in [0, 0.05) is 22.5 Å². The molecule has 130 valence electrons. The fourth-order valence-corrected chi connectivity index (χ4v) is 3.07. The first-order valence-corrected chi connectivity index (χ1v) is 8.18. The van der Waals surface area contributed by atoms with Gasteiger partial charge in [-0.15, -0.1) is 0 Å². The molecular weight excluding hydrogens is 356 g/mol. The van der Waals surface area contributed by atoms with Crippen molar-refractivity contribution >= 4 is 33.5 Å². The predicted molar refractivity (Wildman–Crippen MR) is 99.2 cm³/mol. The lowest BCUT2D eigenvalue weighted by atomic mass is 10.1. The van der Waals surface area contributed by atoms with Crippen molar-refractivity contribution in [3.8, 4) is 5.75 Å². The van der Waals surface area contributed by atoms with Crippen LogP contribution in [0.1, 0.15) is 5.56 Å². The Hall–Kier alpha value is -3.12. The van der Waals surface area contributed by atoms with Crippen LogP contribution in [0.4, 0.5) is 0 Å². The molecule has 0 radical (unpaired) electrons. The molecule has 2 heterocycles. The Morgan fingerprint density at radius 3 is 2.77 bits per heavy atom. The van der Waals surface area contributed by atoms with Gasteiger partial charge < -0.3 is 9.15 Å². The highest BCUT2D eigenvalue weighted by molar-refractivity contribution is 6.31. The highest BCUT2D eigenvalue weighted by atomic mass is 35.5. The minimum atomic E-state index is -0.495. The summed E-state index contributed by atoms with van der Waals surface area (Å²) in [6.45, 7) is 0.183. The second kappa shape index (κ2) is 6.31. The average Bonchev–Trinajstić information content (AvgIpc) is 2.63. The summed E-state index contributed by atoms with van der Waals surface area (Å²) in [6, 6.07) is 11.6. The van der Waals surface area contributed by atoms with Gasteiger partial charge in [0.1, 0.15) is 11.3 Å². The van der Waals surface area contributed by atoms with E-state index in [1.165, 1.54) is 24.1 Å². The number of fused-ring (bicyclic) bond motifs is 2. The summed E-state index contributed by atoms with van der Waals surface area (Å²) in [5, 5.41) is 1.62. The predicted octanol–water partition coefficient (Wildman–Crippen LogP) is 3.21. The third-order valence-electron chi connectivity index (χ3n) is 4.16. The molecule has 6 nitrogen and oxygen atoms in total. The molecule has 0 aliphatic carbocycles. The average molecular weight is 369 g/mol. The standard InChI is InChI=1S/C19H13ClN2O4/c1-25-13-3-4-14-11(6-18(23)26-17(14)8-13)9-22-10-21-16-5-2-12(20)7-15(16)19(22)24/h2-8,10H,9H2,1H3. The van der Waals surface area contributed by atoms with Crippen molar-refractivity contribution in [2.24, 2.45) is 0 Å². The Morgan fingerprint density at radius 1 is 1.12 bits per heavy atom. The molecule has 0 atom stereocenters. The fraction of sp³-hybridized carbons (Fsp3) is 0.105. The van der Waals surface area contributed by atoms with Crippen molar-refractivity contribution in [2.45, 2.75) is 6.54 Å². The lowest BCUT2D eigenvalue weighted by molar-refractivity contribution is 0.414. The van der Waals surface area contributed by atoms with E-state index in [-0.39, 0.29) is 12.1 Å². The number of ether oxygens (including phenoxy) is 1. The molecule has 0 saturated heterocycles. The second-order valence-electron chi connectivity index (χ2n) is 5.79. The van der Waals surface area contributed by atoms with E-state index in [4.69, 9.17) is 20.8 Å². The molecule has 7 heteroatoms. The van der Waals surface area contributed by atoms with E-state index in [2.05, 4.69) is 4.98 Å². The lowest BCUT2D eigenvalue weighted by Crippen LogP contribution is -2.21. The van der Waals surface area contributed by atoms with E-state index in [0.29, 0.717) is 32.8 Å². The maximum absolute atomic E-state index is 12.7. The van der Waals surface area contributed by atoms with Crippen LogP contribution in [-0.4, -0.2) is 16.7 Å². The minimum absolute atomic E-state index is 0.183. The van der Waals surface area contributed by atoms with Gasteiger partial charge in [-0.1, -0.05) is 11.6 Å². The molecule has 0 aliphatic heterocycles. The van der Waals surface area contributed by atoms with E-state index in [1.54, 1.807) is 36.4 Å². The Labute approximate surface area is 152 Å². The van der Waals surface area contributed by atoms with Crippen LogP contribution in [-0.2, 0) is 6.54 Å². The van der Waals surface area contributed by atoms with E-state index < -0.39 is 5.63 Å². The van der Waals surface area contributed by atoms with Crippen LogP contribution in [0, 0.1) is 0 Å². The molecule has 4 rings (SSSR count). The van der Waals surface area contributed by atoms with Gasteiger partial charge in [-0.2, -0.15) is 0 Å². The van der Waals surface area contributed by atoms with Crippen LogP contribution in [0.5, 0.6) is 5.75 Å². The van der Waals surface area contributed by atoms with E-state index in [9.17, 15) is 9.59 Å². The zero-order valence-electron chi connectivity index (χ0n) is 13.7. The Balaban J connectivity index is 1.87. The summed E-state index contributed by atoms with van der Waals surface area (Å²) >= 11 is 5.99. The number of hydrogen-bond donors (Lipinski definition) is 0. The summed E-state index contributed by atoms with van der Waals surface area (Å²) in [4.78, 5) is 28.9. The minimum Gasteiger partial charge on any atom is -0.497 e. The molecule has 0 bridgehead atoms. The van der Waals surface area contributed by atoms with Gasteiger partial charge in [0.05, 0.1) is 30.9 Å². The number of benzene rings is 2. The lowest BCUT2D eigenvalue weighted by Gasteiger charge is -2.09. The number of hydrogen-bond acceptors (Lipinski definition) is 5. The normalized spacial score (nSPS) is 11.2. The molecule has 4 aromatic rings. The van der Waals surface area contributed by atoms with Crippen molar-refractivity contribution in [1.29, 1.82) is 0 Å². The molecular formula is C19H13ClN2O4. The molecule has 0 saturated carbocycles. The molecule has 0 amide bonds. The van der Waals surface area contributed by atoms with Gasteiger partial charge in [-0.05, 0) is 35.9 Å². The highest BCUT2D eigenvalue weighted by Gasteiger charge is 2.10. The number of halogens is 1. The summed E-state index contributed by atoms with van der Waals surface area (Å²) in [7, 11) is 1.54. The first-order valence-electron chi connectivity index (χ1n) is 7.80. The fourth-order valence-electron chi connectivity index (χ4n) is 2.90. The smallest absolute Gasteiger partial charge is 0.336 e. The van der Waals surface area contributed by atoms with Crippen LogP contribution in [0.15, 0.2) is 62.8 Å². The van der Waals surface area contributed by atoms with Gasteiger partial charge in [0.15, 0.2) is 0 Å². The van der Waals surface area contributed by atoms with Crippen LogP contribution in [0.3, 0.4) is 0 Å². The zero-order valence-corrected chi connectivity index (χ0v) is 14.5. The van der Waals surface area contributed by atoms with E-state index in [0.717, 1.165) is 5.39 Å². The molecule has 2 aromatic carbocycles. The molecule has 0 unspecified atom stereocenters. The van der Waals surface area contributed by atoms with Crippen LogP contribution < -0.4 is 15.9 Å². The third-order valence-corrected chi connectivity index (χ3v) is 4.40. The quantitative estimate of drug-likeness (QED) is 0.519. The molecule has 0 aliphatic rings.